The highest BCUT2D eigenvalue weighted by molar-refractivity contribution is 5.85. The van der Waals surface area contributed by atoms with Gasteiger partial charge in [-0.1, -0.05) is 6.07 Å². The Morgan fingerprint density at radius 2 is 2.05 bits per heavy atom. The first-order chi connectivity index (χ1) is 8.86. The minimum Gasteiger partial charge on any atom is -0.312 e. The van der Waals surface area contributed by atoms with Crippen LogP contribution in [0, 0.1) is 5.82 Å². The lowest BCUT2D eigenvalue weighted by Crippen LogP contribution is -2.48. The molecule has 0 spiro atoms. The van der Waals surface area contributed by atoms with Gasteiger partial charge in [0, 0.05) is 32.2 Å². The number of hydrogen-bond donors (Lipinski definition) is 1. The molecule has 0 bridgehead atoms. The van der Waals surface area contributed by atoms with Crippen molar-refractivity contribution < 1.29 is 17.6 Å². The zero-order valence-electron chi connectivity index (χ0n) is 11.0. The molecule has 1 fully saturated rings. The molecule has 7 heteroatoms. The maximum atomic E-state index is 13.0. The average molecular weight is 313 g/mol. The van der Waals surface area contributed by atoms with Gasteiger partial charge in [0.15, 0.2) is 0 Å². The molecular formula is C13H17ClF4N2. The van der Waals surface area contributed by atoms with E-state index in [0.29, 0.717) is 19.2 Å². The zero-order valence-corrected chi connectivity index (χ0v) is 11.8. The summed E-state index contributed by atoms with van der Waals surface area (Å²) >= 11 is 0. The molecule has 20 heavy (non-hydrogen) atoms. The van der Waals surface area contributed by atoms with Crippen LogP contribution < -0.4 is 5.32 Å². The van der Waals surface area contributed by atoms with Gasteiger partial charge in [0.05, 0.1) is 5.56 Å². The largest absolute Gasteiger partial charge is 0.416 e. The van der Waals surface area contributed by atoms with Crippen molar-refractivity contribution in [2.45, 2.75) is 25.7 Å². The number of halogens is 5. The summed E-state index contributed by atoms with van der Waals surface area (Å²) in [5.74, 6) is -0.857. The first-order valence-electron chi connectivity index (χ1n) is 6.17. The van der Waals surface area contributed by atoms with Gasteiger partial charge in [-0.25, -0.2) is 4.39 Å². The Morgan fingerprint density at radius 1 is 1.35 bits per heavy atom. The molecule has 1 saturated heterocycles. The van der Waals surface area contributed by atoms with Crippen LogP contribution in [0.3, 0.4) is 0 Å². The van der Waals surface area contributed by atoms with E-state index >= 15 is 0 Å². The maximum Gasteiger partial charge on any atom is 0.416 e. The molecular weight excluding hydrogens is 296 g/mol. The minimum atomic E-state index is -4.52. The van der Waals surface area contributed by atoms with Crippen LogP contribution in [-0.2, 0) is 12.7 Å². The zero-order chi connectivity index (χ0) is 14.0. The molecule has 1 atom stereocenters. The highest BCUT2D eigenvalue weighted by Gasteiger charge is 2.34. The summed E-state index contributed by atoms with van der Waals surface area (Å²) in [6.07, 6.45) is -4.52. The topological polar surface area (TPSA) is 15.3 Å². The number of piperazine rings is 1. The molecule has 1 aliphatic heterocycles. The van der Waals surface area contributed by atoms with Crippen LogP contribution in [0.1, 0.15) is 18.1 Å². The van der Waals surface area contributed by atoms with Crippen molar-refractivity contribution in [2.75, 3.05) is 19.6 Å². The summed E-state index contributed by atoms with van der Waals surface area (Å²) in [6.45, 7) is 4.32. The maximum absolute atomic E-state index is 13.0. The Balaban J connectivity index is 0.00000200. The lowest BCUT2D eigenvalue weighted by molar-refractivity contribution is -0.138. The molecule has 2 nitrogen and oxygen atoms in total. The summed E-state index contributed by atoms with van der Waals surface area (Å²) in [4.78, 5) is 1.95. The summed E-state index contributed by atoms with van der Waals surface area (Å²) in [5, 5.41) is 3.23. The molecule has 1 aromatic rings. The van der Waals surface area contributed by atoms with Crippen molar-refractivity contribution in [2.24, 2.45) is 0 Å². The second kappa shape index (κ2) is 6.74. The fraction of sp³-hybridized carbons (Fsp3) is 0.538. The van der Waals surface area contributed by atoms with Gasteiger partial charge in [-0.3, -0.25) is 4.90 Å². The van der Waals surface area contributed by atoms with Gasteiger partial charge in [-0.05, 0) is 24.6 Å². The van der Waals surface area contributed by atoms with E-state index in [1.807, 2.05) is 11.8 Å². The Labute approximate surface area is 121 Å². The average Bonchev–Trinajstić information content (AvgIpc) is 2.30. The molecule has 0 unspecified atom stereocenters. The van der Waals surface area contributed by atoms with Gasteiger partial charge >= 0.3 is 6.18 Å². The third kappa shape index (κ3) is 4.33. The highest BCUT2D eigenvalue weighted by Crippen LogP contribution is 2.33. The molecule has 0 radical (unpaired) electrons. The van der Waals surface area contributed by atoms with E-state index in [-0.39, 0.29) is 30.6 Å². The van der Waals surface area contributed by atoms with Crippen LogP contribution in [0.5, 0.6) is 0 Å². The molecule has 0 amide bonds. The second-order valence-electron chi connectivity index (χ2n) is 4.89. The van der Waals surface area contributed by atoms with Gasteiger partial charge in [0.1, 0.15) is 5.82 Å². The van der Waals surface area contributed by atoms with E-state index in [2.05, 4.69) is 5.32 Å². The molecule has 2 rings (SSSR count). The standard InChI is InChI=1S/C13H16F4N2.ClH/c1-9-7-19(5-4-18-9)8-10-2-3-11(14)6-12(10)13(15,16)17;/h2-3,6,9,18H,4-5,7-8H2,1H3;1H/t9-;/m0./s1. The Hall–Kier alpha value is -0.850. The summed E-state index contributed by atoms with van der Waals surface area (Å²) in [6, 6.07) is 3.13. The fourth-order valence-electron chi connectivity index (χ4n) is 2.35. The lowest BCUT2D eigenvalue weighted by Gasteiger charge is -2.32. The smallest absolute Gasteiger partial charge is 0.312 e. The Kier molecular flexibility index (Phi) is 5.79. The number of nitrogens with one attached hydrogen (secondary N) is 1. The van der Waals surface area contributed by atoms with Crippen molar-refractivity contribution in [1.29, 1.82) is 0 Å². The molecule has 1 heterocycles. The predicted octanol–water partition coefficient (Wildman–Crippen LogP) is 3.06. The molecule has 0 aromatic heterocycles. The second-order valence-corrected chi connectivity index (χ2v) is 4.89. The lowest BCUT2D eigenvalue weighted by atomic mass is 10.1. The third-order valence-electron chi connectivity index (χ3n) is 3.22. The Bertz CT molecular complexity index is 450. The van der Waals surface area contributed by atoms with E-state index < -0.39 is 17.6 Å². The number of rotatable bonds is 2. The summed E-state index contributed by atoms with van der Waals surface area (Å²) in [7, 11) is 0. The normalized spacial score (nSPS) is 20.6. The van der Waals surface area contributed by atoms with Crippen LogP contribution in [0.25, 0.3) is 0 Å². The molecule has 1 aromatic carbocycles. The SMILES string of the molecule is C[C@H]1CN(Cc2ccc(F)cc2C(F)(F)F)CCN1.Cl. The van der Waals surface area contributed by atoms with E-state index in [1.165, 1.54) is 6.07 Å². The van der Waals surface area contributed by atoms with Crippen LogP contribution in [-0.4, -0.2) is 30.6 Å². The van der Waals surface area contributed by atoms with E-state index in [9.17, 15) is 17.6 Å². The van der Waals surface area contributed by atoms with E-state index in [1.54, 1.807) is 0 Å². The molecule has 0 saturated carbocycles. The van der Waals surface area contributed by atoms with Gasteiger partial charge < -0.3 is 5.32 Å². The van der Waals surface area contributed by atoms with Crippen LogP contribution in [0.4, 0.5) is 17.6 Å². The number of nitrogens with zero attached hydrogens (tertiary/aromatic N) is 1. The minimum absolute atomic E-state index is 0. The quantitative estimate of drug-likeness (QED) is 0.844. The number of alkyl halides is 3. The predicted molar refractivity (Wildman–Crippen MR) is 71.4 cm³/mol. The fourth-order valence-corrected chi connectivity index (χ4v) is 2.35. The molecule has 114 valence electrons. The van der Waals surface area contributed by atoms with Crippen LogP contribution >= 0.6 is 12.4 Å². The van der Waals surface area contributed by atoms with E-state index in [4.69, 9.17) is 0 Å². The molecule has 1 aliphatic rings. The monoisotopic (exact) mass is 312 g/mol. The van der Waals surface area contributed by atoms with Gasteiger partial charge in [-0.15, -0.1) is 12.4 Å². The Morgan fingerprint density at radius 3 is 2.65 bits per heavy atom. The molecule has 0 aliphatic carbocycles. The highest BCUT2D eigenvalue weighted by atomic mass is 35.5. The summed E-state index contributed by atoms with van der Waals surface area (Å²) in [5.41, 5.74) is -0.748. The van der Waals surface area contributed by atoms with Gasteiger partial charge in [0.2, 0.25) is 0 Å². The van der Waals surface area contributed by atoms with Crippen molar-refractivity contribution in [3.63, 3.8) is 0 Å². The van der Waals surface area contributed by atoms with Crippen molar-refractivity contribution in [3.8, 4) is 0 Å². The van der Waals surface area contributed by atoms with Crippen molar-refractivity contribution in [3.05, 3.63) is 35.1 Å². The van der Waals surface area contributed by atoms with Gasteiger partial charge in [0.25, 0.3) is 0 Å². The number of benzene rings is 1. The first kappa shape index (κ1) is 17.2. The first-order valence-corrected chi connectivity index (χ1v) is 6.17. The van der Waals surface area contributed by atoms with Crippen molar-refractivity contribution in [1.82, 2.24) is 10.2 Å². The van der Waals surface area contributed by atoms with Crippen molar-refractivity contribution >= 4 is 12.4 Å². The number of hydrogen-bond acceptors (Lipinski definition) is 2. The third-order valence-corrected chi connectivity index (χ3v) is 3.22. The molecule has 1 N–H and O–H groups in total. The van der Waals surface area contributed by atoms with Gasteiger partial charge in [-0.2, -0.15) is 13.2 Å². The van der Waals surface area contributed by atoms with E-state index in [0.717, 1.165) is 12.6 Å². The summed E-state index contributed by atoms with van der Waals surface area (Å²) < 4.78 is 51.6. The van der Waals surface area contributed by atoms with Crippen LogP contribution in [0.15, 0.2) is 18.2 Å². The van der Waals surface area contributed by atoms with Crippen LogP contribution in [0.2, 0.25) is 0 Å².